The van der Waals surface area contributed by atoms with Gasteiger partial charge in [-0.05, 0) is 91.3 Å². The van der Waals surface area contributed by atoms with E-state index in [0.29, 0.717) is 18.9 Å². The second kappa shape index (κ2) is 42.6. The Bertz CT molecular complexity index is 2610. The van der Waals surface area contributed by atoms with Gasteiger partial charge in [-0.25, -0.2) is 0 Å². The molecule has 0 aliphatic carbocycles. The highest BCUT2D eigenvalue weighted by Gasteiger charge is 2.35. The highest BCUT2D eigenvalue weighted by molar-refractivity contribution is 5.82. The highest BCUT2D eigenvalue weighted by Crippen LogP contribution is 2.18. The molecule has 1 aromatic rings. The van der Waals surface area contributed by atoms with E-state index in [-0.39, 0.29) is 168 Å². The van der Waals surface area contributed by atoms with Crippen molar-refractivity contribution in [3.63, 3.8) is 0 Å². The molecule has 0 saturated carbocycles. The van der Waals surface area contributed by atoms with Gasteiger partial charge in [0.2, 0.25) is 17.7 Å². The summed E-state index contributed by atoms with van der Waals surface area (Å²) in [7, 11) is 1.74. The number of likely N-dealkylation sites (N-methyl/N-ethyl adjacent to an activating group) is 1. The maximum Gasteiger partial charge on any atom is 0.320 e. The van der Waals surface area contributed by atoms with Crippen molar-refractivity contribution in [1.82, 2.24) is 65.9 Å². The van der Waals surface area contributed by atoms with Crippen LogP contribution in [0.5, 0.6) is 0 Å². The number of nitrogens with one attached hydrogen (secondary N) is 5. The van der Waals surface area contributed by atoms with Crippen molar-refractivity contribution in [3.8, 4) is 0 Å². The van der Waals surface area contributed by atoms with Gasteiger partial charge in [-0.15, -0.1) is 0 Å². The molecule has 544 valence electrons. The Kier molecular flexibility index (Phi) is 36.9. The van der Waals surface area contributed by atoms with Crippen LogP contribution in [0.15, 0.2) is 24.3 Å². The Balaban J connectivity index is 1.87. The van der Waals surface area contributed by atoms with Gasteiger partial charge in [0.05, 0.1) is 18.7 Å². The number of nitrogens with zero attached hydrogens (tertiary/aromatic N) is 8. The fourth-order valence-corrected chi connectivity index (χ4v) is 11.5. The van der Waals surface area contributed by atoms with Crippen LogP contribution in [0.1, 0.15) is 105 Å². The van der Waals surface area contributed by atoms with E-state index in [1.807, 2.05) is 38.1 Å². The van der Waals surface area contributed by atoms with Gasteiger partial charge in [0, 0.05) is 137 Å². The number of carbonyl (C=O) groups excluding carboxylic acids is 3. The minimum atomic E-state index is -1.34. The average Bonchev–Trinajstić information content (AvgIpc) is 0.898. The van der Waals surface area contributed by atoms with Crippen LogP contribution in [0.3, 0.4) is 0 Å². The number of hydrogen-bond donors (Lipinski definition) is 13. The maximum absolute atomic E-state index is 14.0. The van der Waals surface area contributed by atoms with E-state index in [1.165, 1.54) is 41.5 Å². The van der Waals surface area contributed by atoms with Crippen molar-refractivity contribution in [1.29, 1.82) is 0 Å². The van der Waals surface area contributed by atoms with Crippen molar-refractivity contribution >= 4 is 65.5 Å². The third-order valence-electron chi connectivity index (χ3n) is 18.3. The molecule has 10 atom stereocenters. The number of carbonyl (C=O) groups is 11. The maximum atomic E-state index is 14.0. The van der Waals surface area contributed by atoms with E-state index in [9.17, 15) is 93.6 Å². The van der Waals surface area contributed by atoms with Gasteiger partial charge < -0.3 is 62.1 Å². The summed E-state index contributed by atoms with van der Waals surface area (Å²) in [4.78, 5) is 159. The molecule has 2 aliphatic heterocycles. The molecular weight excluding hydrogens is 1260 g/mol. The molecule has 0 bridgehead atoms. The van der Waals surface area contributed by atoms with Crippen LogP contribution in [-0.2, 0) is 70.7 Å². The van der Waals surface area contributed by atoms with E-state index in [0.717, 1.165) is 11.1 Å². The smallest absolute Gasteiger partial charge is 0.320 e. The summed E-state index contributed by atoms with van der Waals surface area (Å²) in [5, 5.41) is 93.0. The lowest BCUT2D eigenvalue weighted by atomic mass is 10.0. The molecule has 33 nitrogen and oxygen atoms in total. The predicted molar refractivity (Wildman–Crippen MR) is 349 cm³/mol. The second-order valence-corrected chi connectivity index (χ2v) is 25.2. The molecule has 96 heavy (non-hydrogen) atoms. The van der Waals surface area contributed by atoms with Crippen molar-refractivity contribution in [2.45, 2.75) is 167 Å². The Morgan fingerprint density at radius 3 is 1.00 bits per heavy atom. The number of carboxylic acid groups (broad SMARTS) is 8. The van der Waals surface area contributed by atoms with Crippen molar-refractivity contribution in [2.24, 2.45) is 5.92 Å². The van der Waals surface area contributed by atoms with Crippen LogP contribution in [-0.4, -0.2) is 331 Å². The van der Waals surface area contributed by atoms with Gasteiger partial charge in [-0.3, -0.25) is 96.8 Å². The van der Waals surface area contributed by atoms with E-state index in [2.05, 4.69) is 26.7 Å². The molecule has 0 radical (unpaired) electrons. The molecule has 13 N–H and O–H groups in total. The van der Waals surface area contributed by atoms with Crippen molar-refractivity contribution < 1.29 is 98.4 Å². The topological polar surface area (TPSA) is 445 Å². The summed E-state index contributed by atoms with van der Waals surface area (Å²) in [6.45, 7) is 13.8. The van der Waals surface area contributed by atoms with Crippen LogP contribution < -0.4 is 26.7 Å². The fourth-order valence-electron chi connectivity index (χ4n) is 11.5. The van der Waals surface area contributed by atoms with E-state index in [4.69, 9.17) is 4.84 Å². The summed E-state index contributed by atoms with van der Waals surface area (Å²) >= 11 is 0. The van der Waals surface area contributed by atoms with Crippen LogP contribution in [0.2, 0.25) is 0 Å². The summed E-state index contributed by atoms with van der Waals surface area (Å²) in [5.74, 6) is -10.5. The van der Waals surface area contributed by atoms with Gasteiger partial charge in [-0.2, -0.15) is 5.48 Å². The SMILES string of the molecule is CN[C@@H](CC(C)C)C(=O)NCc1ccc(CNOC[C@H](CCNC(=O)CCC(C(=O)O)N2CCN(C(C)C(=O)O)CCN(C(C)C(=O)O)CCN(C(C)C(=O)O)CC2)NC(=O)CCC(C(=O)O)N2CCN(C(C)C(=O)O)CCN(C(C)C(=O)O)CCN(C(C)C(=O)O)CC2)cc1. The largest absolute Gasteiger partial charge is 0.480 e. The van der Waals surface area contributed by atoms with Crippen LogP contribution in [0, 0.1) is 5.92 Å². The molecule has 2 heterocycles. The minimum Gasteiger partial charge on any atom is -0.480 e. The standard InChI is InChI=1S/C63H107N13O20/c1-40(2)36-50(64-9)55(79)66-37-47-10-12-48(13-11-47)38-67-96-39-49(68-54(78)17-15-52(63(94)95)76-34-30-73(45(7)60(88)89)26-22-70(42(4)57(82)83)23-27-74(31-35-76)46(8)61(90)91)18-19-65-53(77)16-14-51(62(92)93)75-32-28-71(43(5)58(84)85)24-20-69(41(3)56(80)81)21-25-72(29-33-75)44(6)59(86)87/h10-13,40-46,49-52,64,67H,14-39H2,1-9H3,(H,65,77)(H,66,79)(H,68,78)(H,80,81)(H,82,83)(H,84,85)(H,86,87)(H,88,89)(H,90,91)(H,92,93)(H,94,95)/t41?,42?,43?,44?,45?,46?,49-,50-,51?,52?/m0/s1. The first-order valence-corrected chi connectivity index (χ1v) is 32.9. The predicted octanol–water partition coefficient (Wildman–Crippen LogP) is -1.30. The summed E-state index contributed by atoms with van der Waals surface area (Å²) in [6, 6.07) is -2.65. The van der Waals surface area contributed by atoms with Gasteiger partial charge in [-0.1, -0.05) is 38.1 Å². The number of hydrogen-bond acceptors (Lipinski definition) is 22. The number of aliphatic carboxylic acids is 8. The zero-order valence-electron chi connectivity index (χ0n) is 57.1. The Labute approximate surface area is 561 Å². The quantitative estimate of drug-likeness (QED) is 0.0272. The Hall–Kier alpha value is -7.05. The van der Waals surface area contributed by atoms with E-state index < -0.39 is 114 Å². The normalized spacial score (nSPS) is 19.7. The van der Waals surface area contributed by atoms with E-state index >= 15 is 0 Å². The molecule has 33 heteroatoms. The van der Waals surface area contributed by atoms with Crippen molar-refractivity contribution in [2.75, 3.05) is 125 Å². The summed E-state index contributed by atoms with van der Waals surface area (Å²) < 4.78 is 0. The molecule has 8 unspecified atom stereocenters. The Morgan fingerprint density at radius 2 is 0.708 bits per heavy atom. The first-order chi connectivity index (χ1) is 45.3. The number of benzene rings is 1. The van der Waals surface area contributed by atoms with Gasteiger partial charge >= 0.3 is 47.8 Å². The van der Waals surface area contributed by atoms with Crippen LogP contribution >= 0.6 is 0 Å². The lowest BCUT2D eigenvalue weighted by molar-refractivity contribution is -0.147. The van der Waals surface area contributed by atoms with Crippen LogP contribution in [0.25, 0.3) is 0 Å². The van der Waals surface area contributed by atoms with Crippen LogP contribution in [0.4, 0.5) is 0 Å². The molecule has 3 amide bonds. The minimum absolute atomic E-state index is 0.00948. The summed E-state index contributed by atoms with van der Waals surface area (Å²) in [5.41, 5.74) is 4.53. The lowest BCUT2D eigenvalue weighted by Crippen LogP contribution is -2.55. The lowest BCUT2D eigenvalue weighted by Gasteiger charge is -2.38. The zero-order chi connectivity index (χ0) is 71.9. The highest BCUT2D eigenvalue weighted by atomic mass is 16.6. The first kappa shape index (κ1) is 83.2. The third-order valence-corrected chi connectivity index (χ3v) is 18.3. The Morgan fingerprint density at radius 1 is 0.406 bits per heavy atom. The number of rotatable bonds is 37. The molecule has 2 saturated heterocycles. The molecule has 2 aliphatic rings. The zero-order valence-corrected chi connectivity index (χ0v) is 57.1. The molecule has 3 rings (SSSR count). The average molecular weight is 1370 g/mol. The van der Waals surface area contributed by atoms with Crippen molar-refractivity contribution in [3.05, 3.63) is 35.4 Å². The number of hydroxylamine groups is 1. The van der Waals surface area contributed by atoms with E-state index in [1.54, 1.807) is 46.2 Å². The third kappa shape index (κ3) is 29.0. The molecule has 0 aromatic heterocycles. The number of amides is 3. The van der Waals surface area contributed by atoms with Gasteiger partial charge in [0.15, 0.2) is 0 Å². The van der Waals surface area contributed by atoms with Gasteiger partial charge in [0.25, 0.3) is 0 Å². The molecule has 2 fully saturated rings. The monoisotopic (exact) mass is 1370 g/mol. The fraction of sp³-hybridized carbons (Fsp3) is 0.730. The molecule has 0 spiro atoms. The number of carboxylic acids is 8. The first-order valence-electron chi connectivity index (χ1n) is 32.9. The summed E-state index contributed by atoms with van der Waals surface area (Å²) in [6.07, 6.45) is -0.448. The van der Waals surface area contributed by atoms with Gasteiger partial charge in [0.1, 0.15) is 48.3 Å². The molecule has 1 aromatic carbocycles. The molecular formula is C63H107N13O20. The second-order valence-electron chi connectivity index (χ2n) is 25.2.